The minimum Gasteiger partial charge on any atom is -0.0984 e. The molecule has 0 N–H and O–H groups in total. The van der Waals surface area contributed by atoms with E-state index in [0.717, 1.165) is 5.57 Å². The van der Waals surface area contributed by atoms with E-state index >= 15 is 0 Å². The molecule has 0 heteroatoms. The number of rotatable bonds is 3. The van der Waals surface area contributed by atoms with Gasteiger partial charge in [0.1, 0.15) is 0 Å². The SMILES string of the molecule is C=C/C(=C\c1ccccc1C)c1ccc2cc(C)ccc2c1. The van der Waals surface area contributed by atoms with Crippen molar-refractivity contribution in [2.45, 2.75) is 13.8 Å². The van der Waals surface area contributed by atoms with E-state index in [1.807, 2.05) is 6.08 Å². The number of fused-ring (bicyclic) bond motifs is 1. The summed E-state index contributed by atoms with van der Waals surface area (Å²) in [7, 11) is 0. The number of allylic oxidation sites excluding steroid dienone is 2. The summed E-state index contributed by atoms with van der Waals surface area (Å²) in [6.45, 7) is 8.25. The van der Waals surface area contributed by atoms with Gasteiger partial charge in [-0.25, -0.2) is 0 Å². The zero-order chi connectivity index (χ0) is 15.5. The van der Waals surface area contributed by atoms with E-state index in [1.54, 1.807) is 0 Å². The molecular weight excluding hydrogens is 264 g/mol. The van der Waals surface area contributed by atoms with E-state index in [0.29, 0.717) is 0 Å². The van der Waals surface area contributed by atoms with Crippen LogP contribution in [0.15, 0.2) is 73.3 Å². The summed E-state index contributed by atoms with van der Waals surface area (Å²) in [5.41, 5.74) is 6.16. The van der Waals surface area contributed by atoms with Crippen LogP contribution in [0.1, 0.15) is 22.3 Å². The molecule has 0 radical (unpaired) electrons. The molecule has 108 valence electrons. The van der Waals surface area contributed by atoms with E-state index in [4.69, 9.17) is 0 Å². The van der Waals surface area contributed by atoms with Crippen molar-refractivity contribution in [3.8, 4) is 0 Å². The van der Waals surface area contributed by atoms with Crippen molar-refractivity contribution < 1.29 is 0 Å². The van der Waals surface area contributed by atoms with Gasteiger partial charge in [-0.3, -0.25) is 0 Å². The third kappa shape index (κ3) is 2.87. The Hall–Kier alpha value is -2.60. The summed E-state index contributed by atoms with van der Waals surface area (Å²) < 4.78 is 0. The molecule has 0 aliphatic rings. The van der Waals surface area contributed by atoms with Crippen LogP contribution in [0.3, 0.4) is 0 Å². The minimum atomic E-state index is 1.15. The molecule has 0 bridgehead atoms. The molecule has 0 nitrogen and oxygen atoms in total. The first-order valence-electron chi connectivity index (χ1n) is 7.58. The quantitative estimate of drug-likeness (QED) is 0.398. The van der Waals surface area contributed by atoms with Gasteiger partial charge in [0.25, 0.3) is 0 Å². The Balaban J connectivity index is 2.09. The molecule has 22 heavy (non-hydrogen) atoms. The van der Waals surface area contributed by atoms with Gasteiger partial charge in [-0.05, 0) is 59.0 Å². The standard InChI is InChI=1S/C22H20/c1-4-18(14-19-8-6-5-7-17(19)3)21-12-11-20-13-16(2)9-10-22(20)15-21/h4-15H,1H2,2-3H3/b18-14+. The molecule has 0 heterocycles. The monoisotopic (exact) mass is 284 g/mol. The van der Waals surface area contributed by atoms with E-state index in [1.165, 1.54) is 33.0 Å². The van der Waals surface area contributed by atoms with Crippen molar-refractivity contribution in [3.63, 3.8) is 0 Å². The van der Waals surface area contributed by atoms with E-state index < -0.39 is 0 Å². The summed E-state index contributed by atoms with van der Waals surface area (Å²) in [6.07, 6.45) is 4.14. The van der Waals surface area contributed by atoms with Crippen molar-refractivity contribution in [1.82, 2.24) is 0 Å². The highest BCUT2D eigenvalue weighted by Crippen LogP contribution is 2.25. The fourth-order valence-corrected chi connectivity index (χ4v) is 2.72. The first kappa shape index (κ1) is 14.3. The van der Waals surface area contributed by atoms with Crippen LogP contribution in [-0.4, -0.2) is 0 Å². The normalized spacial score (nSPS) is 11.6. The van der Waals surface area contributed by atoms with Gasteiger partial charge in [-0.2, -0.15) is 0 Å². The van der Waals surface area contributed by atoms with Gasteiger partial charge in [-0.1, -0.05) is 72.8 Å². The minimum absolute atomic E-state index is 1.15. The van der Waals surface area contributed by atoms with E-state index in [2.05, 4.69) is 87.2 Å². The average molecular weight is 284 g/mol. The first-order chi connectivity index (χ1) is 10.7. The Labute approximate surface area is 132 Å². The zero-order valence-electron chi connectivity index (χ0n) is 13.1. The lowest BCUT2D eigenvalue weighted by molar-refractivity contribution is 1.44. The maximum Gasteiger partial charge on any atom is -0.0178 e. The average Bonchev–Trinajstić information content (AvgIpc) is 2.54. The van der Waals surface area contributed by atoms with Gasteiger partial charge in [0.15, 0.2) is 0 Å². The second-order valence-electron chi connectivity index (χ2n) is 5.73. The predicted molar refractivity (Wildman–Crippen MR) is 97.9 cm³/mol. The Morgan fingerprint density at radius 1 is 0.864 bits per heavy atom. The fourth-order valence-electron chi connectivity index (χ4n) is 2.72. The van der Waals surface area contributed by atoms with Crippen molar-refractivity contribution in [2.75, 3.05) is 0 Å². The molecule has 0 saturated heterocycles. The Kier molecular flexibility index (Phi) is 3.93. The lowest BCUT2D eigenvalue weighted by Gasteiger charge is -2.07. The third-order valence-electron chi connectivity index (χ3n) is 4.05. The summed E-state index contributed by atoms with van der Waals surface area (Å²) in [6, 6.07) is 21.6. The van der Waals surface area contributed by atoms with Gasteiger partial charge in [0.2, 0.25) is 0 Å². The Bertz CT molecular complexity index is 866. The highest BCUT2D eigenvalue weighted by molar-refractivity contribution is 5.93. The fraction of sp³-hybridized carbons (Fsp3) is 0.0909. The second kappa shape index (κ2) is 6.03. The van der Waals surface area contributed by atoms with Gasteiger partial charge in [0.05, 0.1) is 0 Å². The largest absolute Gasteiger partial charge is 0.0984 e. The van der Waals surface area contributed by atoms with Crippen molar-refractivity contribution >= 4 is 22.4 Å². The lowest BCUT2D eigenvalue weighted by Crippen LogP contribution is -1.85. The molecule has 0 unspecified atom stereocenters. The summed E-state index contributed by atoms with van der Waals surface area (Å²) in [4.78, 5) is 0. The maximum atomic E-state index is 3.99. The van der Waals surface area contributed by atoms with Crippen LogP contribution in [0.25, 0.3) is 22.4 Å². The van der Waals surface area contributed by atoms with Crippen LogP contribution >= 0.6 is 0 Å². The molecule has 3 rings (SSSR count). The molecule has 0 fully saturated rings. The second-order valence-corrected chi connectivity index (χ2v) is 5.73. The Morgan fingerprint density at radius 2 is 1.59 bits per heavy atom. The topological polar surface area (TPSA) is 0 Å². The van der Waals surface area contributed by atoms with Crippen LogP contribution in [0.4, 0.5) is 0 Å². The van der Waals surface area contributed by atoms with Crippen molar-refractivity contribution in [3.05, 3.63) is 95.6 Å². The summed E-state index contributed by atoms with van der Waals surface area (Å²) in [5, 5.41) is 2.55. The van der Waals surface area contributed by atoms with Gasteiger partial charge in [0, 0.05) is 0 Å². The van der Waals surface area contributed by atoms with E-state index in [-0.39, 0.29) is 0 Å². The Morgan fingerprint density at radius 3 is 2.36 bits per heavy atom. The summed E-state index contributed by atoms with van der Waals surface area (Å²) in [5.74, 6) is 0. The molecule has 3 aromatic rings. The molecule has 0 aliphatic heterocycles. The van der Waals surface area contributed by atoms with Crippen LogP contribution in [0.2, 0.25) is 0 Å². The molecule has 0 saturated carbocycles. The van der Waals surface area contributed by atoms with E-state index in [9.17, 15) is 0 Å². The lowest BCUT2D eigenvalue weighted by atomic mass is 9.97. The number of hydrogen-bond donors (Lipinski definition) is 0. The van der Waals surface area contributed by atoms with Crippen LogP contribution in [0, 0.1) is 13.8 Å². The van der Waals surface area contributed by atoms with Gasteiger partial charge in [-0.15, -0.1) is 0 Å². The smallest absolute Gasteiger partial charge is 0.0178 e. The first-order valence-corrected chi connectivity index (χ1v) is 7.58. The predicted octanol–water partition coefficient (Wildman–Crippen LogP) is 6.18. The third-order valence-corrected chi connectivity index (χ3v) is 4.05. The van der Waals surface area contributed by atoms with Crippen molar-refractivity contribution in [2.24, 2.45) is 0 Å². The van der Waals surface area contributed by atoms with Gasteiger partial charge < -0.3 is 0 Å². The number of aryl methyl sites for hydroxylation is 2. The number of hydrogen-bond acceptors (Lipinski definition) is 0. The zero-order valence-corrected chi connectivity index (χ0v) is 13.1. The van der Waals surface area contributed by atoms with Crippen molar-refractivity contribution in [1.29, 1.82) is 0 Å². The molecule has 0 aromatic heterocycles. The molecule has 0 amide bonds. The molecule has 0 atom stereocenters. The van der Waals surface area contributed by atoms with Gasteiger partial charge >= 0.3 is 0 Å². The number of benzene rings is 3. The van der Waals surface area contributed by atoms with Crippen LogP contribution < -0.4 is 0 Å². The highest BCUT2D eigenvalue weighted by atomic mass is 14.1. The summed E-state index contributed by atoms with van der Waals surface area (Å²) >= 11 is 0. The molecule has 0 spiro atoms. The van der Waals surface area contributed by atoms with Crippen LogP contribution in [0.5, 0.6) is 0 Å². The molecule has 0 aliphatic carbocycles. The van der Waals surface area contributed by atoms with Crippen LogP contribution in [-0.2, 0) is 0 Å². The highest BCUT2D eigenvalue weighted by Gasteiger charge is 2.02. The maximum absolute atomic E-state index is 3.99. The molecular formula is C22H20. The molecule has 3 aromatic carbocycles.